The number of likely N-dealkylation sites (N-methyl/N-ethyl adjacent to an activating group) is 1. The Morgan fingerprint density at radius 3 is 2.65 bits per heavy atom. The van der Waals surface area contributed by atoms with E-state index in [9.17, 15) is 4.79 Å². The zero-order chi connectivity index (χ0) is 14.7. The van der Waals surface area contributed by atoms with Crippen molar-refractivity contribution in [2.45, 2.75) is 19.9 Å². The Balaban J connectivity index is 2.33. The molecule has 0 spiro atoms. The van der Waals surface area contributed by atoms with Crippen LogP contribution in [0.3, 0.4) is 0 Å². The standard InChI is InChI=1S/C15H18BrN3O/c1-9(2)13(15(20)17-3)18-12-8-7-10-5-4-6-11(16)14(10)19-12/h4-9,13H,1-3H3,(H,17,20)(H,18,19). The smallest absolute Gasteiger partial charge is 0.242 e. The van der Waals surface area contributed by atoms with E-state index >= 15 is 0 Å². The minimum atomic E-state index is -0.299. The van der Waals surface area contributed by atoms with Gasteiger partial charge in [-0.1, -0.05) is 26.0 Å². The van der Waals surface area contributed by atoms with Crippen molar-refractivity contribution in [2.24, 2.45) is 5.92 Å². The molecule has 2 rings (SSSR count). The Bertz CT molecular complexity index is 628. The minimum absolute atomic E-state index is 0.0333. The summed E-state index contributed by atoms with van der Waals surface area (Å²) in [6.45, 7) is 4.01. The van der Waals surface area contributed by atoms with Gasteiger partial charge < -0.3 is 10.6 Å². The van der Waals surface area contributed by atoms with Crippen molar-refractivity contribution in [3.63, 3.8) is 0 Å². The number of carbonyl (C=O) groups is 1. The van der Waals surface area contributed by atoms with Gasteiger partial charge in [-0.05, 0) is 40.0 Å². The summed E-state index contributed by atoms with van der Waals surface area (Å²) < 4.78 is 0.944. The molecule has 0 bridgehead atoms. The van der Waals surface area contributed by atoms with Gasteiger partial charge in [0.25, 0.3) is 0 Å². The highest BCUT2D eigenvalue weighted by molar-refractivity contribution is 9.10. The van der Waals surface area contributed by atoms with E-state index < -0.39 is 0 Å². The molecule has 0 radical (unpaired) electrons. The predicted molar refractivity (Wildman–Crippen MR) is 85.8 cm³/mol. The lowest BCUT2D eigenvalue weighted by Gasteiger charge is -2.21. The van der Waals surface area contributed by atoms with Crippen molar-refractivity contribution in [2.75, 3.05) is 12.4 Å². The van der Waals surface area contributed by atoms with Crippen molar-refractivity contribution in [1.29, 1.82) is 0 Å². The van der Waals surface area contributed by atoms with Crippen LogP contribution in [0.4, 0.5) is 5.82 Å². The molecule has 1 heterocycles. The zero-order valence-corrected chi connectivity index (χ0v) is 13.4. The van der Waals surface area contributed by atoms with Crippen LogP contribution in [0.1, 0.15) is 13.8 Å². The predicted octanol–water partition coefficient (Wildman–Crippen LogP) is 3.18. The van der Waals surface area contributed by atoms with Crippen molar-refractivity contribution in [1.82, 2.24) is 10.3 Å². The fourth-order valence-electron chi connectivity index (χ4n) is 2.04. The normalized spacial score (nSPS) is 12.4. The largest absolute Gasteiger partial charge is 0.358 e. The van der Waals surface area contributed by atoms with Gasteiger partial charge in [0.05, 0.1) is 5.52 Å². The number of pyridine rings is 1. The number of nitrogens with one attached hydrogen (secondary N) is 2. The van der Waals surface area contributed by atoms with Crippen LogP contribution in [0.2, 0.25) is 0 Å². The highest BCUT2D eigenvalue weighted by atomic mass is 79.9. The van der Waals surface area contributed by atoms with E-state index in [0.717, 1.165) is 15.4 Å². The summed E-state index contributed by atoms with van der Waals surface area (Å²) in [4.78, 5) is 16.5. The molecular formula is C15H18BrN3O. The Morgan fingerprint density at radius 2 is 2.00 bits per heavy atom. The summed E-state index contributed by atoms with van der Waals surface area (Å²) in [6, 6.07) is 9.53. The number of hydrogen-bond acceptors (Lipinski definition) is 3. The van der Waals surface area contributed by atoms with E-state index in [1.54, 1.807) is 7.05 Å². The molecule has 20 heavy (non-hydrogen) atoms. The summed E-state index contributed by atoms with van der Waals surface area (Å²) in [6.07, 6.45) is 0. The number of para-hydroxylation sites is 1. The quantitative estimate of drug-likeness (QED) is 0.902. The number of nitrogens with zero attached hydrogens (tertiary/aromatic N) is 1. The monoisotopic (exact) mass is 335 g/mol. The van der Waals surface area contributed by atoms with Gasteiger partial charge in [-0.15, -0.1) is 0 Å². The van der Waals surface area contributed by atoms with E-state index in [2.05, 4.69) is 31.5 Å². The summed E-state index contributed by atoms with van der Waals surface area (Å²) in [7, 11) is 1.64. The Labute approximate surface area is 127 Å². The molecule has 1 atom stereocenters. The number of rotatable bonds is 4. The number of fused-ring (bicyclic) bond motifs is 1. The van der Waals surface area contributed by atoms with Crippen LogP contribution in [0.25, 0.3) is 10.9 Å². The molecule has 0 aliphatic carbocycles. The number of hydrogen-bond donors (Lipinski definition) is 2. The number of amides is 1. The van der Waals surface area contributed by atoms with Crippen molar-refractivity contribution >= 4 is 38.6 Å². The highest BCUT2D eigenvalue weighted by Crippen LogP contribution is 2.24. The van der Waals surface area contributed by atoms with Gasteiger partial charge in [0.1, 0.15) is 11.9 Å². The molecule has 5 heteroatoms. The van der Waals surface area contributed by atoms with Crippen LogP contribution >= 0.6 is 15.9 Å². The molecule has 2 N–H and O–H groups in total. The topological polar surface area (TPSA) is 54.0 Å². The first-order valence-electron chi connectivity index (χ1n) is 6.56. The third-order valence-corrected chi connectivity index (χ3v) is 3.81. The van der Waals surface area contributed by atoms with Crippen LogP contribution in [-0.4, -0.2) is 24.0 Å². The lowest BCUT2D eigenvalue weighted by atomic mass is 10.0. The molecule has 0 saturated carbocycles. The average molecular weight is 336 g/mol. The minimum Gasteiger partial charge on any atom is -0.358 e. The van der Waals surface area contributed by atoms with Crippen molar-refractivity contribution in [3.05, 3.63) is 34.8 Å². The van der Waals surface area contributed by atoms with Crippen molar-refractivity contribution in [3.8, 4) is 0 Å². The maximum Gasteiger partial charge on any atom is 0.242 e. The van der Waals surface area contributed by atoms with E-state index in [1.165, 1.54) is 0 Å². The molecule has 0 aliphatic rings. The summed E-state index contributed by atoms with van der Waals surface area (Å²) in [5.41, 5.74) is 0.886. The second-order valence-corrected chi connectivity index (χ2v) is 5.84. The first-order valence-corrected chi connectivity index (χ1v) is 7.35. The van der Waals surface area contributed by atoms with E-state index in [-0.39, 0.29) is 17.9 Å². The Kier molecular flexibility index (Phi) is 4.60. The van der Waals surface area contributed by atoms with Crippen molar-refractivity contribution < 1.29 is 4.79 Å². The first-order chi connectivity index (χ1) is 9.52. The molecule has 1 aromatic carbocycles. The molecule has 1 unspecified atom stereocenters. The average Bonchev–Trinajstić information content (AvgIpc) is 2.44. The SMILES string of the molecule is CNC(=O)C(Nc1ccc2cccc(Br)c2n1)C(C)C. The summed E-state index contributed by atoms with van der Waals surface area (Å²) in [5, 5.41) is 6.94. The molecule has 4 nitrogen and oxygen atoms in total. The first kappa shape index (κ1) is 14.8. The number of halogens is 1. The maximum atomic E-state index is 11.9. The van der Waals surface area contributed by atoms with Gasteiger partial charge in [-0.25, -0.2) is 4.98 Å². The van der Waals surface area contributed by atoms with Gasteiger partial charge in [-0.3, -0.25) is 4.79 Å². The third kappa shape index (κ3) is 3.10. The summed E-state index contributed by atoms with van der Waals surface area (Å²) in [5.74, 6) is 0.840. The number of anilines is 1. The fraction of sp³-hybridized carbons (Fsp3) is 0.333. The lowest BCUT2D eigenvalue weighted by molar-refractivity contribution is -0.122. The van der Waals surface area contributed by atoms with Crippen LogP contribution in [0.5, 0.6) is 0 Å². The number of carbonyl (C=O) groups excluding carboxylic acids is 1. The van der Waals surface area contributed by atoms with E-state index in [1.807, 2.05) is 44.2 Å². The lowest BCUT2D eigenvalue weighted by Crippen LogP contribution is -2.41. The molecule has 0 fully saturated rings. The molecule has 2 aromatic rings. The highest BCUT2D eigenvalue weighted by Gasteiger charge is 2.21. The second-order valence-electron chi connectivity index (χ2n) is 4.99. The molecular weight excluding hydrogens is 318 g/mol. The maximum absolute atomic E-state index is 11.9. The molecule has 1 aromatic heterocycles. The fourth-order valence-corrected chi connectivity index (χ4v) is 2.51. The van der Waals surface area contributed by atoms with Crippen LogP contribution in [0, 0.1) is 5.92 Å². The van der Waals surface area contributed by atoms with E-state index in [0.29, 0.717) is 5.82 Å². The van der Waals surface area contributed by atoms with Crippen LogP contribution < -0.4 is 10.6 Å². The molecule has 106 valence electrons. The van der Waals surface area contributed by atoms with E-state index in [4.69, 9.17) is 0 Å². The summed E-state index contributed by atoms with van der Waals surface area (Å²) >= 11 is 3.50. The molecule has 0 saturated heterocycles. The van der Waals surface area contributed by atoms with Gasteiger partial charge >= 0.3 is 0 Å². The number of benzene rings is 1. The Hall–Kier alpha value is -1.62. The zero-order valence-electron chi connectivity index (χ0n) is 11.8. The van der Waals surface area contributed by atoms with Gasteiger partial charge in [0, 0.05) is 16.9 Å². The molecule has 1 amide bonds. The molecule has 0 aliphatic heterocycles. The third-order valence-electron chi connectivity index (χ3n) is 3.17. The van der Waals surface area contributed by atoms with Gasteiger partial charge in [0.15, 0.2) is 0 Å². The Morgan fingerprint density at radius 1 is 1.25 bits per heavy atom. The van der Waals surface area contributed by atoms with Gasteiger partial charge in [0.2, 0.25) is 5.91 Å². The second kappa shape index (κ2) is 6.22. The number of aromatic nitrogens is 1. The van der Waals surface area contributed by atoms with Gasteiger partial charge in [-0.2, -0.15) is 0 Å². The van der Waals surface area contributed by atoms with Crippen LogP contribution in [-0.2, 0) is 4.79 Å². The van der Waals surface area contributed by atoms with Crippen LogP contribution in [0.15, 0.2) is 34.8 Å².